The molecular weight excluding hydrogens is 340 g/mol. The molecular formula is C18H22N2O6. The molecule has 0 N–H and O–H groups in total. The molecule has 1 aromatic carbocycles. The molecule has 0 spiro atoms. The Morgan fingerprint density at radius 1 is 1.19 bits per heavy atom. The van der Waals surface area contributed by atoms with Crippen molar-refractivity contribution in [1.82, 2.24) is 9.80 Å². The summed E-state index contributed by atoms with van der Waals surface area (Å²) in [5.41, 5.74) is 0.419. The average molecular weight is 362 g/mol. The number of imide groups is 1. The van der Waals surface area contributed by atoms with Gasteiger partial charge in [0.25, 0.3) is 0 Å². The molecule has 26 heavy (non-hydrogen) atoms. The molecule has 0 bridgehead atoms. The van der Waals surface area contributed by atoms with Crippen LogP contribution in [0.4, 0.5) is 4.79 Å². The van der Waals surface area contributed by atoms with Crippen LogP contribution < -0.4 is 4.74 Å². The van der Waals surface area contributed by atoms with Gasteiger partial charge in [-0.25, -0.2) is 4.79 Å². The second-order valence-corrected chi connectivity index (χ2v) is 6.01. The minimum Gasteiger partial charge on any atom is -0.497 e. The van der Waals surface area contributed by atoms with E-state index in [1.165, 1.54) is 18.9 Å². The van der Waals surface area contributed by atoms with Crippen molar-refractivity contribution in [2.45, 2.75) is 25.9 Å². The maximum absolute atomic E-state index is 12.3. The number of benzene rings is 1. The monoisotopic (exact) mass is 362 g/mol. The molecule has 0 saturated carbocycles. The van der Waals surface area contributed by atoms with Crippen LogP contribution in [0.15, 0.2) is 24.3 Å². The molecule has 0 aliphatic carbocycles. The van der Waals surface area contributed by atoms with Crippen molar-refractivity contribution < 1.29 is 28.7 Å². The van der Waals surface area contributed by atoms with Gasteiger partial charge < -0.3 is 14.4 Å². The lowest BCUT2D eigenvalue weighted by Crippen LogP contribution is -2.33. The summed E-state index contributed by atoms with van der Waals surface area (Å²) in [5.74, 6) is -0.517. The molecule has 1 fully saturated rings. The molecule has 1 aliphatic heterocycles. The van der Waals surface area contributed by atoms with Crippen molar-refractivity contribution in [3.05, 3.63) is 29.8 Å². The van der Waals surface area contributed by atoms with Gasteiger partial charge in [0.1, 0.15) is 12.3 Å². The second kappa shape index (κ2) is 8.46. The standard InChI is InChI=1S/C18H22N2O6/c1-12(17(23)13-6-8-14(25-3)9-7-13)26-16(22)5-4-10-20-15(21)11-19(2)18(20)24/h6-9,12H,4-5,10-11H2,1-3H3/t12-/m1/s1. The van der Waals surface area contributed by atoms with E-state index in [1.54, 1.807) is 31.3 Å². The number of carbonyl (C=O) groups is 4. The van der Waals surface area contributed by atoms with Crippen LogP contribution in [0, 0.1) is 0 Å². The topological polar surface area (TPSA) is 93.2 Å². The van der Waals surface area contributed by atoms with Crippen LogP contribution in [-0.4, -0.2) is 66.8 Å². The first-order valence-electron chi connectivity index (χ1n) is 8.26. The number of likely N-dealkylation sites (N-methyl/N-ethyl adjacent to an activating group) is 1. The molecule has 2 rings (SSSR count). The van der Waals surface area contributed by atoms with E-state index in [2.05, 4.69) is 0 Å². The molecule has 1 atom stereocenters. The number of nitrogens with zero attached hydrogens (tertiary/aromatic N) is 2. The van der Waals surface area contributed by atoms with Gasteiger partial charge in [0.15, 0.2) is 6.10 Å². The average Bonchev–Trinajstić information content (AvgIpc) is 2.87. The van der Waals surface area contributed by atoms with Crippen molar-refractivity contribution >= 4 is 23.7 Å². The molecule has 140 valence electrons. The van der Waals surface area contributed by atoms with Crippen LogP contribution in [0.2, 0.25) is 0 Å². The van der Waals surface area contributed by atoms with E-state index in [4.69, 9.17) is 9.47 Å². The highest BCUT2D eigenvalue weighted by molar-refractivity contribution is 6.02. The third-order valence-electron chi connectivity index (χ3n) is 4.05. The zero-order valence-electron chi connectivity index (χ0n) is 15.1. The maximum atomic E-state index is 12.3. The van der Waals surface area contributed by atoms with E-state index >= 15 is 0 Å². The number of esters is 1. The Morgan fingerprint density at radius 3 is 2.38 bits per heavy atom. The molecule has 1 heterocycles. The van der Waals surface area contributed by atoms with E-state index in [0.717, 1.165) is 4.90 Å². The van der Waals surface area contributed by atoms with Gasteiger partial charge in [-0.15, -0.1) is 0 Å². The number of methoxy groups -OCH3 is 1. The van der Waals surface area contributed by atoms with Gasteiger partial charge in [-0.2, -0.15) is 0 Å². The van der Waals surface area contributed by atoms with Crippen molar-refractivity contribution in [2.24, 2.45) is 0 Å². The molecule has 0 radical (unpaired) electrons. The Morgan fingerprint density at radius 2 is 1.85 bits per heavy atom. The Bertz CT molecular complexity index is 700. The van der Waals surface area contributed by atoms with Crippen molar-refractivity contribution in [3.8, 4) is 5.75 Å². The molecule has 8 nitrogen and oxygen atoms in total. The van der Waals surface area contributed by atoms with Crippen LogP contribution in [0.5, 0.6) is 5.75 Å². The number of rotatable bonds is 8. The molecule has 1 aliphatic rings. The summed E-state index contributed by atoms with van der Waals surface area (Å²) in [6.45, 7) is 1.71. The quantitative estimate of drug-likeness (QED) is 0.395. The number of amides is 3. The minimum absolute atomic E-state index is 0.0149. The first kappa shape index (κ1) is 19.4. The third-order valence-corrected chi connectivity index (χ3v) is 4.05. The Balaban J connectivity index is 1.78. The summed E-state index contributed by atoms with van der Waals surface area (Å²) in [5, 5.41) is 0. The van der Waals surface area contributed by atoms with Crippen LogP contribution in [0.25, 0.3) is 0 Å². The highest BCUT2D eigenvalue weighted by atomic mass is 16.5. The summed E-state index contributed by atoms with van der Waals surface area (Å²) in [4.78, 5) is 49.9. The summed E-state index contributed by atoms with van der Waals surface area (Å²) in [6, 6.07) is 6.15. The molecule has 8 heteroatoms. The zero-order chi connectivity index (χ0) is 19.3. The Hall–Kier alpha value is -2.90. The highest BCUT2D eigenvalue weighted by Gasteiger charge is 2.33. The van der Waals surface area contributed by atoms with Crippen molar-refractivity contribution in [3.63, 3.8) is 0 Å². The van der Waals surface area contributed by atoms with Gasteiger partial charge in [-0.05, 0) is 37.6 Å². The van der Waals surface area contributed by atoms with E-state index in [-0.39, 0.29) is 43.7 Å². The first-order chi connectivity index (χ1) is 12.3. The number of hydrogen-bond acceptors (Lipinski definition) is 6. The van der Waals surface area contributed by atoms with Gasteiger partial charge in [-0.1, -0.05) is 0 Å². The fourth-order valence-corrected chi connectivity index (χ4v) is 2.57. The number of ketones is 1. The van der Waals surface area contributed by atoms with Crippen molar-refractivity contribution in [2.75, 3.05) is 27.2 Å². The fraction of sp³-hybridized carbons (Fsp3) is 0.444. The summed E-state index contributed by atoms with van der Waals surface area (Å²) in [7, 11) is 3.07. The van der Waals surface area contributed by atoms with Crippen LogP contribution in [0.3, 0.4) is 0 Å². The first-order valence-corrected chi connectivity index (χ1v) is 8.26. The lowest BCUT2D eigenvalue weighted by molar-refractivity contribution is -0.146. The predicted molar refractivity (Wildman–Crippen MR) is 91.9 cm³/mol. The van der Waals surface area contributed by atoms with E-state index in [0.29, 0.717) is 11.3 Å². The van der Waals surface area contributed by atoms with Crippen LogP contribution in [0.1, 0.15) is 30.1 Å². The lowest BCUT2D eigenvalue weighted by atomic mass is 10.1. The number of Topliss-reactive ketones (excluding diaryl/α,β-unsaturated/α-hetero) is 1. The molecule has 1 saturated heterocycles. The smallest absolute Gasteiger partial charge is 0.326 e. The van der Waals surface area contributed by atoms with E-state index in [1.807, 2.05) is 0 Å². The third kappa shape index (κ3) is 4.59. The summed E-state index contributed by atoms with van der Waals surface area (Å²) < 4.78 is 10.2. The largest absolute Gasteiger partial charge is 0.497 e. The van der Waals surface area contributed by atoms with Crippen LogP contribution >= 0.6 is 0 Å². The van der Waals surface area contributed by atoms with Crippen LogP contribution in [-0.2, 0) is 14.3 Å². The second-order valence-electron chi connectivity index (χ2n) is 6.01. The van der Waals surface area contributed by atoms with Gasteiger partial charge in [0.2, 0.25) is 11.7 Å². The molecule has 0 aromatic heterocycles. The van der Waals surface area contributed by atoms with E-state index < -0.39 is 12.1 Å². The van der Waals surface area contributed by atoms with E-state index in [9.17, 15) is 19.2 Å². The summed E-state index contributed by atoms with van der Waals surface area (Å²) >= 11 is 0. The van der Waals surface area contributed by atoms with Gasteiger partial charge in [0, 0.05) is 25.6 Å². The fourth-order valence-electron chi connectivity index (χ4n) is 2.57. The Kier molecular flexibility index (Phi) is 6.32. The maximum Gasteiger partial charge on any atom is 0.326 e. The number of urea groups is 1. The van der Waals surface area contributed by atoms with Gasteiger partial charge >= 0.3 is 12.0 Å². The molecule has 1 aromatic rings. The minimum atomic E-state index is -0.919. The number of hydrogen-bond donors (Lipinski definition) is 0. The SMILES string of the molecule is COc1ccc(C(=O)[C@@H](C)OC(=O)CCCN2C(=O)CN(C)C2=O)cc1. The van der Waals surface area contributed by atoms with Crippen molar-refractivity contribution in [1.29, 1.82) is 0 Å². The normalized spacial score (nSPS) is 15.2. The predicted octanol–water partition coefficient (Wildman–Crippen LogP) is 1.48. The number of ether oxygens (including phenoxy) is 2. The summed E-state index contributed by atoms with van der Waals surface area (Å²) in [6.07, 6.45) is -0.619. The Labute approximate surface area is 151 Å². The lowest BCUT2D eigenvalue weighted by Gasteiger charge is -2.15. The molecule has 0 unspecified atom stereocenters. The zero-order valence-corrected chi connectivity index (χ0v) is 15.1. The van der Waals surface area contributed by atoms with Gasteiger partial charge in [0.05, 0.1) is 7.11 Å². The molecule has 3 amide bonds. The highest BCUT2D eigenvalue weighted by Crippen LogP contribution is 2.14. The van der Waals surface area contributed by atoms with Gasteiger partial charge in [-0.3, -0.25) is 19.3 Å². The number of carbonyl (C=O) groups excluding carboxylic acids is 4.